The maximum absolute atomic E-state index is 12.4. The van der Waals surface area contributed by atoms with E-state index in [1.54, 1.807) is 18.2 Å². The van der Waals surface area contributed by atoms with Gasteiger partial charge in [-0.15, -0.1) is 12.4 Å². The van der Waals surface area contributed by atoms with E-state index in [9.17, 15) is 8.42 Å². The fourth-order valence-electron chi connectivity index (χ4n) is 2.30. The summed E-state index contributed by atoms with van der Waals surface area (Å²) >= 11 is 0. The van der Waals surface area contributed by atoms with Gasteiger partial charge in [0.2, 0.25) is 0 Å². The van der Waals surface area contributed by atoms with Crippen molar-refractivity contribution >= 4 is 39.8 Å². The summed E-state index contributed by atoms with van der Waals surface area (Å²) in [5.74, 6) is 0.956. The highest BCUT2D eigenvalue weighted by atomic mass is 35.5. The number of nitrogens with zero attached hydrogens (tertiary/aromatic N) is 3. The van der Waals surface area contributed by atoms with Crippen LogP contribution in [0.5, 0.6) is 0 Å². The highest BCUT2D eigenvalue weighted by Gasteiger charge is 2.16. The topological polar surface area (TPSA) is 101 Å². The Labute approximate surface area is 155 Å². The summed E-state index contributed by atoms with van der Waals surface area (Å²) in [5.41, 5.74) is 6.10. The van der Waals surface area contributed by atoms with Gasteiger partial charge in [0.1, 0.15) is 18.0 Å². The molecule has 9 heteroatoms. The third-order valence-corrected chi connectivity index (χ3v) is 4.76. The van der Waals surface area contributed by atoms with Crippen LogP contribution in [0, 0.1) is 0 Å². The van der Waals surface area contributed by atoms with Crippen molar-refractivity contribution in [3.05, 3.63) is 36.7 Å². The zero-order chi connectivity index (χ0) is 17.6. The molecule has 2 rings (SSSR count). The van der Waals surface area contributed by atoms with E-state index in [0.717, 1.165) is 25.9 Å². The van der Waals surface area contributed by atoms with Crippen molar-refractivity contribution < 1.29 is 8.42 Å². The maximum atomic E-state index is 12.4. The van der Waals surface area contributed by atoms with Crippen molar-refractivity contribution in [2.45, 2.75) is 31.6 Å². The second-order valence-electron chi connectivity index (χ2n) is 5.42. The number of hydrogen-bond donors (Lipinski definition) is 2. The van der Waals surface area contributed by atoms with E-state index >= 15 is 0 Å². The van der Waals surface area contributed by atoms with E-state index < -0.39 is 10.0 Å². The summed E-state index contributed by atoms with van der Waals surface area (Å²) in [6.07, 6.45) is 3.33. The zero-order valence-electron chi connectivity index (χ0n) is 14.3. The van der Waals surface area contributed by atoms with Crippen LogP contribution in [0.2, 0.25) is 0 Å². The van der Waals surface area contributed by atoms with Crippen LogP contribution >= 0.6 is 12.4 Å². The molecule has 0 aliphatic carbocycles. The summed E-state index contributed by atoms with van der Waals surface area (Å²) in [4.78, 5) is 10.5. The number of nitrogen functional groups attached to an aromatic ring is 1. The summed E-state index contributed by atoms with van der Waals surface area (Å²) in [5, 5.41) is 0. The summed E-state index contributed by atoms with van der Waals surface area (Å²) < 4.78 is 27.3. The molecule has 0 unspecified atom stereocenters. The second-order valence-corrected chi connectivity index (χ2v) is 7.11. The van der Waals surface area contributed by atoms with Crippen molar-refractivity contribution in [1.82, 2.24) is 9.97 Å². The Hall–Kier alpha value is -2.06. The molecule has 0 spiro atoms. The van der Waals surface area contributed by atoms with Gasteiger partial charge in [0.15, 0.2) is 0 Å². The smallest absolute Gasteiger partial charge is 0.263 e. The predicted octanol–water partition coefficient (Wildman–Crippen LogP) is 2.91. The molecule has 0 amide bonds. The first-order chi connectivity index (χ1) is 11.5. The highest BCUT2D eigenvalue weighted by Crippen LogP contribution is 2.19. The van der Waals surface area contributed by atoms with E-state index in [-0.39, 0.29) is 23.1 Å². The molecule has 0 aliphatic heterocycles. The predicted molar refractivity (Wildman–Crippen MR) is 104 cm³/mol. The maximum Gasteiger partial charge on any atom is 0.263 e. The lowest BCUT2D eigenvalue weighted by molar-refractivity contribution is 0.601. The number of benzene rings is 1. The lowest BCUT2D eigenvalue weighted by Crippen LogP contribution is -2.26. The van der Waals surface area contributed by atoms with Gasteiger partial charge in [-0.1, -0.05) is 13.8 Å². The summed E-state index contributed by atoms with van der Waals surface area (Å²) in [7, 11) is -3.71. The monoisotopic (exact) mass is 385 g/mol. The minimum absolute atomic E-state index is 0. The van der Waals surface area contributed by atoms with E-state index in [1.165, 1.54) is 18.5 Å². The average Bonchev–Trinajstić information content (AvgIpc) is 2.55. The standard InChI is InChI=1S/C16H23N5O2S.ClH/c1-3-9-21(10-4-2)16-11-15(18-12-19-16)20-24(22,23)14-7-5-13(17)6-8-14;/h5-8,11-12H,3-4,9-10,17H2,1-2H3,(H,18,19,20);1H. The molecule has 0 radical (unpaired) electrons. The van der Waals surface area contributed by atoms with Gasteiger partial charge in [0.25, 0.3) is 10.0 Å². The Morgan fingerprint density at radius 1 is 1.08 bits per heavy atom. The Morgan fingerprint density at radius 2 is 1.68 bits per heavy atom. The molecule has 0 bridgehead atoms. The quantitative estimate of drug-likeness (QED) is 0.677. The molecule has 0 fully saturated rings. The van der Waals surface area contributed by atoms with Crippen LogP contribution in [0.4, 0.5) is 17.3 Å². The number of halogens is 1. The Morgan fingerprint density at radius 3 is 2.24 bits per heavy atom. The van der Waals surface area contributed by atoms with E-state index in [1.807, 2.05) is 0 Å². The summed E-state index contributed by atoms with van der Waals surface area (Å²) in [6, 6.07) is 7.66. The molecular weight excluding hydrogens is 362 g/mol. The van der Waals surface area contributed by atoms with Crippen LogP contribution in [0.3, 0.4) is 0 Å². The van der Waals surface area contributed by atoms with Gasteiger partial charge in [0, 0.05) is 24.8 Å². The Kier molecular flexibility index (Phi) is 7.92. The Balaban J connectivity index is 0.00000312. The normalized spacial score (nSPS) is 10.8. The van der Waals surface area contributed by atoms with Crippen molar-refractivity contribution in [2.24, 2.45) is 0 Å². The minimum Gasteiger partial charge on any atom is -0.399 e. The van der Waals surface area contributed by atoms with Crippen LogP contribution < -0.4 is 15.4 Å². The average molecular weight is 386 g/mol. The number of nitrogens with two attached hydrogens (primary N) is 1. The lowest BCUT2D eigenvalue weighted by atomic mass is 10.3. The molecule has 138 valence electrons. The molecular formula is C16H24ClN5O2S. The molecule has 0 atom stereocenters. The molecule has 2 aromatic rings. The minimum atomic E-state index is -3.71. The largest absolute Gasteiger partial charge is 0.399 e. The third kappa shape index (κ3) is 5.75. The van der Waals surface area contributed by atoms with Crippen molar-refractivity contribution in [2.75, 3.05) is 28.4 Å². The first-order valence-electron chi connectivity index (χ1n) is 7.91. The number of anilines is 3. The molecule has 25 heavy (non-hydrogen) atoms. The number of sulfonamides is 1. The third-order valence-electron chi connectivity index (χ3n) is 3.39. The van der Waals surface area contributed by atoms with Crippen molar-refractivity contribution in [3.8, 4) is 0 Å². The SMILES string of the molecule is CCCN(CCC)c1cc(NS(=O)(=O)c2ccc(N)cc2)ncn1.Cl. The fourth-order valence-corrected chi connectivity index (χ4v) is 3.30. The molecule has 3 N–H and O–H groups in total. The van der Waals surface area contributed by atoms with Crippen LogP contribution in [0.1, 0.15) is 26.7 Å². The van der Waals surface area contributed by atoms with E-state index in [4.69, 9.17) is 5.73 Å². The van der Waals surface area contributed by atoms with Gasteiger partial charge in [-0.3, -0.25) is 4.72 Å². The van der Waals surface area contributed by atoms with Gasteiger partial charge in [-0.25, -0.2) is 18.4 Å². The van der Waals surface area contributed by atoms with Gasteiger partial charge >= 0.3 is 0 Å². The number of rotatable bonds is 8. The number of aromatic nitrogens is 2. The van der Waals surface area contributed by atoms with Crippen LogP contribution in [-0.4, -0.2) is 31.5 Å². The molecule has 7 nitrogen and oxygen atoms in total. The second kappa shape index (κ2) is 9.43. The van der Waals surface area contributed by atoms with Crippen molar-refractivity contribution in [3.63, 3.8) is 0 Å². The Bertz CT molecular complexity index is 762. The van der Waals surface area contributed by atoms with Gasteiger partial charge in [-0.2, -0.15) is 0 Å². The van der Waals surface area contributed by atoms with Crippen LogP contribution in [0.15, 0.2) is 41.6 Å². The molecule has 0 saturated carbocycles. The van der Waals surface area contributed by atoms with E-state index in [2.05, 4.69) is 33.4 Å². The van der Waals surface area contributed by atoms with Crippen LogP contribution in [-0.2, 0) is 10.0 Å². The molecule has 0 saturated heterocycles. The highest BCUT2D eigenvalue weighted by molar-refractivity contribution is 7.92. The first-order valence-corrected chi connectivity index (χ1v) is 9.40. The molecule has 1 aromatic heterocycles. The van der Waals surface area contributed by atoms with Gasteiger partial charge in [-0.05, 0) is 37.1 Å². The first kappa shape index (κ1) is 21.0. The fraction of sp³-hybridized carbons (Fsp3) is 0.375. The van der Waals surface area contributed by atoms with Crippen LogP contribution in [0.25, 0.3) is 0 Å². The molecule has 1 aromatic carbocycles. The van der Waals surface area contributed by atoms with Gasteiger partial charge < -0.3 is 10.6 Å². The van der Waals surface area contributed by atoms with Gasteiger partial charge in [0.05, 0.1) is 4.90 Å². The lowest BCUT2D eigenvalue weighted by Gasteiger charge is -2.22. The zero-order valence-corrected chi connectivity index (χ0v) is 16.0. The molecule has 0 aliphatic rings. The number of nitrogens with one attached hydrogen (secondary N) is 1. The van der Waals surface area contributed by atoms with Crippen molar-refractivity contribution in [1.29, 1.82) is 0 Å². The number of hydrogen-bond acceptors (Lipinski definition) is 6. The van der Waals surface area contributed by atoms with E-state index in [0.29, 0.717) is 11.5 Å². The molecule has 1 heterocycles. The summed E-state index contributed by atoms with van der Waals surface area (Å²) in [6.45, 7) is 5.90.